The molecular weight excluding hydrogens is 214 g/mol. The topological polar surface area (TPSA) is 49.3 Å². The molecule has 3 nitrogen and oxygen atoms in total. The van der Waals surface area contributed by atoms with Gasteiger partial charge in [0, 0.05) is 6.42 Å². The fourth-order valence-electron chi connectivity index (χ4n) is 1.76. The molecule has 1 unspecified atom stereocenters. The van der Waals surface area contributed by atoms with Crippen LogP contribution in [0.1, 0.15) is 18.9 Å². The van der Waals surface area contributed by atoms with Crippen molar-refractivity contribution in [2.24, 2.45) is 0 Å². The van der Waals surface area contributed by atoms with Crippen LogP contribution in [-0.4, -0.2) is 23.0 Å². The van der Waals surface area contributed by atoms with Crippen LogP contribution in [-0.2, 0) is 11.2 Å². The summed E-state index contributed by atoms with van der Waals surface area (Å²) in [4.78, 5) is 11.0. The average molecular weight is 233 g/mol. The van der Waals surface area contributed by atoms with Crippen LogP contribution in [0.2, 0.25) is 0 Å². The zero-order chi connectivity index (χ0) is 12.7. The summed E-state index contributed by atoms with van der Waals surface area (Å²) in [5, 5.41) is 12.9. The van der Waals surface area contributed by atoms with Gasteiger partial charge in [0.25, 0.3) is 0 Å². The number of aliphatic hydroxyl groups is 1. The monoisotopic (exact) mass is 233 g/mol. The maximum atomic E-state index is 11.0. The van der Waals surface area contributed by atoms with Crippen LogP contribution < -0.4 is 5.32 Å². The number of rotatable bonds is 7. The first-order valence-corrected chi connectivity index (χ1v) is 5.72. The van der Waals surface area contributed by atoms with E-state index in [1.807, 2.05) is 30.3 Å². The molecule has 17 heavy (non-hydrogen) atoms. The summed E-state index contributed by atoms with van der Waals surface area (Å²) < 4.78 is 0. The molecule has 0 amide bonds. The van der Waals surface area contributed by atoms with Crippen molar-refractivity contribution in [3.63, 3.8) is 0 Å². The molecule has 0 saturated carbocycles. The number of hydrogen-bond acceptors (Lipinski definition) is 3. The highest BCUT2D eigenvalue weighted by Gasteiger charge is 2.19. The summed E-state index contributed by atoms with van der Waals surface area (Å²) in [6.45, 7) is 5.08. The molecule has 2 N–H and O–H groups in total. The molecule has 1 aromatic carbocycles. The van der Waals surface area contributed by atoms with Crippen LogP contribution in [0, 0.1) is 0 Å². The Morgan fingerprint density at radius 1 is 1.47 bits per heavy atom. The minimum absolute atomic E-state index is 0.0126. The fourth-order valence-corrected chi connectivity index (χ4v) is 1.76. The zero-order valence-corrected chi connectivity index (χ0v) is 10.1. The van der Waals surface area contributed by atoms with E-state index in [9.17, 15) is 9.90 Å². The fraction of sp³-hybridized carbons (Fsp3) is 0.357. The first kappa shape index (κ1) is 13.5. The molecule has 0 aliphatic carbocycles. The standard InChI is InChI=1S/C14H19NO2/c1-3-15-13(14(17)9-11(2)16)10-12-7-5-4-6-8-12/h3-8,13-15,17H,1,9-10H2,2H3/t13?,14-/m0/s1. The second-order valence-electron chi connectivity index (χ2n) is 4.14. The smallest absolute Gasteiger partial charge is 0.132 e. The Balaban J connectivity index is 2.65. The molecule has 0 fully saturated rings. The van der Waals surface area contributed by atoms with Crippen molar-refractivity contribution in [2.45, 2.75) is 31.9 Å². The molecule has 0 aromatic heterocycles. The van der Waals surface area contributed by atoms with Crippen LogP contribution in [0.5, 0.6) is 0 Å². The Kier molecular flexibility index (Phi) is 5.43. The van der Waals surface area contributed by atoms with Crippen molar-refractivity contribution in [3.05, 3.63) is 48.7 Å². The van der Waals surface area contributed by atoms with Crippen molar-refractivity contribution >= 4 is 5.78 Å². The van der Waals surface area contributed by atoms with E-state index < -0.39 is 6.10 Å². The molecule has 0 saturated heterocycles. The molecule has 1 rings (SSSR count). The van der Waals surface area contributed by atoms with Crippen LogP contribution >= 0.6 is 0 Å². The van der Waals surface area contributed by atoms with Crippen LogP contribution in [0.4, 0.5) is 0 Å². The minimum Gasteiger partial charge on any atom is -0.391 e. The second-order valence-corrected chi connectivity index (χ2v) is 4.14. The van der Waals surface area contributed by atoms with Gasteiger partial charge >= 0.3 is 0 Å². The predicted octanol–water partition coefficient (Wildman–Crippen LogP) is 1.67. The SMILES string of the molecule is C=CNC(Cc1ccccc1)[C@@H](O)CC(C)=O. The molecule has 1 aromatic rings. The Hall–Kier alpha value is -1.61. The molecule has 0 aliphatic rings. The lowest BCUT2D eigenvalue weighted by Crippen LogP contribution is -2.39. The minimum atomic E-state index is -0.689. The van der Waals surface area contributed by atoms with Gasteiger partial charge in [0.15, 0.2) is 0 Å². The molecule has 0 radical (unpaired) electrons. The average Bonchev–Trinajstić information content (AvgIpc) is 2.29. The number of Topliss-reactive ketones (excluding diaryl/α,β-unsaturated/α-hetero) is 1. The molecule has 2 atom stereocenters. The van der Waals surface area contributed by atoms with Crippen molar-refractivity contribution in [1.29, 1.82) is 0 Å². The van der Waals surface area contributed by atoms with Gasteiger partial charge in [-0.05, 0) is 25.1 Å². The third-order valence-corrected chi connectivity index (χ3v) is 2.59. The summed E-state index contributed by atoms with van der Waals surface area (Å²) in [5.74, 6) is -0.0126. The Morgan fingerprint density at radius 2 is 2.12 bits per heavy atom. The number of ketones is 1. The van der Waals surface area contributed by atoms with E-state index >= 15 is 0 Å². The van der Waals surface area contributed by atoms with Crippen molar-refractivity contribution in [1.82, 2.24) is 5.32 Å². The number of benzene rings is 1. The molecule has 3 heteroatoms. The lowest BCUT2D eigenvalue weighted by atomic mass is 9.98. The summed E-state index contributed by atoms with van der Waals surface area (Å²) in [5.41, 5.74) is 1.12. The normalized spacial score (nSPS) is 13.8. The van der Waals surface area contributed by atoms with Crippen LogP contribution in [0.25, 0.3) is 0 Å². The van der Waals surface area contributed by atoms with E-state index in [1.54, 1.807) is 6.20 Å². The Bertz CT molecular complexity index is 362. The van der Waals surface area contributed by atoms with E-state index in [0.717, 1.165) is 5.56 Å². The van der Waals surface area contributed by atoms with Gasteiger partial charge in [-0.15, -0.1) is 0 Å². The summed E-state index contributed by atoms with van der Waals surface area (Å²) in [6, 6.07) is 9.68. The van der Waals surface area contributed by atoms with Gasteiger partial charge in [-0.3, -0.25) is 4.79 Å². The van der Waals surface area contributed by atoms with Gasteiger partial charge in [-0.2, -0.15) is 0 Å². The molecule has 92 valence electrons. The maximum absolute atomic E-state index is 11.0. The lowest BCUT2D eigenvalue weighted by molar-refractivity contribution is -0.119. The molecule has 0 spiro atoms. The Labute approximate surface area is 102 Å². The number of aliphatic hydroxyl groups excluding tert-OH is 1. The first-order valence-electron chi connectivity index (χ1n) is 5.72. The van der Waals surface area contributed by atoms with E-state index in [4.69, 9.17) is 0 Å². The second kappa shape index (κ2) is 6.86. The first-order chi connectivity index (χ1) is 8.13. The van der Waals surface area contributed by atoms with Gasteiger partial charge < -0.3 is 10.4 Å². The predicted molar refractivity (Wildman–Crippen MR) is 68.6 cm³/mol. The summed E-state index contributed by atoms with van der Waals surface area (Å²) in [6.07, 6.45) is 1.70. The van der Waals surface area contributed by atoms with Gasteiger partial charge in [0.05, 0.1) is 12.1 Å². The van der Waals surface area contributed by atoms with E-state index in [0.29, 0.717) is 6.42 Å². The third kappa shape index (κ3) is 4.83. The van der Waals surface area contributed by atoms with Gasteiger partial charge in [0.2, 0.25) is 0 Å². The highest BCUT2D eigenvalue weighted by atomic mass is 16.3. The molecule has 0 aliphatic heterocycles. The zero-order valence-electron chi connectivity index (χ0n) is 10.1. The number of carbonyl (C=O) groups is 1. The molecular formula is C14H19NO2. The summed E-state index contributed by atoms with van der Waals surface area (Å²) in [7, 11) is 0. The van der Waals surface area contributed by atoms with E-state index in [-0.39, 0.29) is 18.2 Å². The molecule has 0 heterocycles. The lowest BCUT2D eigenvalue weighted by Gasteiger charge is -2.22. The van der Waals surface area contributed by atoms with Crippen molar-refractivity contribution in [2.75, 3.05) is 0 Å². The summed E-state index contributed by atoms with van der Waals surface area (Å²) >= 11 is 0. The number of nitrogens with one attached hydrogen (secondary N) is 1. The Morgan fingerprint density at radius 3 is 2.65 bits per heavy atom. The van der Waals surface area contributed by atoms with E-state index in [1.165, 1.54) is 6.92 Å². The molecule has 0 bridgehead atoms. The van der Waals surface area contributed by atoms with Gasteiger partial charge in [-0.25, -0.2) is 0 Å². The van der Waals surface area contributed by atoms with Crippen molar-refractivity contribution in [3.8, 4) is 0 Å². The highest BCUT2D eigenvalue weighted by Crippen LogP contribution is 2.09. The van der Waals surface area contributed by atoms with Crippen LogP contribution in [0.3, 0.4) is 0 Å². The maximum Gasteiger partial charge on any atom is 0.132 e. The quantitative estimate of drug-likeness (QED) is 0.753. The number of carbonyl (C=O) groups excluding carboxylic acids is 1. The van der Waals surface area contributed by atoms with Crippen molar-refractivity contribution < 1.29 is 9.90 Å². The van der Waals surface area contributed by atoms with Gasteiger partial charge in [-0.1, -0.05) is 36.9 Å². The van der Waals surface area contributed by atoms with Crippen LogP contribution in [0.15, 0.2) is 43.1 Å². The largest absolute Gasteiger partial charge is 0.391 e. The highest BCUT2D eigenvalue weighted by molar-refractivity contribution is 5.76. The van der Waals surface area contributed by atoms with Gasteiger partial charge in [0.1, 0.15) is 5.78 Å². The number of hydrogen-bond donors (Lipinski definition) is 2. The third-order valence-electron chi connectivity index (χ3n) is 2.59. The van der Waals surface area contributed by atoms with E-state index in [2.05, 4.69) is 11.9 Å².